The largest absolute Gasteiger partial charge is 0.492 e. The summed E-state index contributed by atoms with van der Waals surface area (Å²) in [5.74, 6) is 0.221. The highest BCUT2D eigenvalue weighted by atomic mass is 16.5. The van der Waals surface area contributed by atoms with E-state index in [1.54, 1.807) is 6.07 Å². The molecule has 0 unspecified atom stereocenters. The highest BCUT2D eigenvalue weighted by Crippen LogP contribution is 2.30. The van der Waals surface area contributed by atoms with E-state index in [2.05, 4.69) is 0 Å². The molecule has 3 heteroatoms. The van der Waals surface area contributed by atoms with Gasteiger partial charge in [0.2, 0.25) is 0 Å². The van der Waals surface area contributed by atoms with E-state index in [0.717, 1.165) is 12.0 Å². The second-order valence-corrected chi connectivity index (χ2v) is 4.24. The molecule has 0 aliphatic heterocycles. The molecule has 1 N–H and O–H groups in total. The Hall–Kier alpha value is -1.51. The molecular weight excluding hydrogens is 204 g/mol. The summed E-state index contributed by atoms with van der Waals surface area (Å²) in [6.07, 6.45) is 3.30. The first kappa shape index (κ1) is 11.0. The van der Waals surface area contributed by atoms with E-state index >= 15 is 0 Å². The lowest BCUT2D eigenvalue weighted by molar-refractivity contribution is 0.0692. The van der Waals surface area contributed by atoms with Gasteiger partial charge in [-0.1, -0.05) is 13.0 Å². The number of carboxylic acids is 1. The Balaban J connectivity index is 2.18. The summed E-state index contributed by atoms with van der Waals surface area (Å²) in [7, 11) is 0. The van der Waals surface area contributed by atoms with Gasteiger partial charge in [-0.3, -0.25) is 0 Å². The van der Waals surface area contributed by atoms with Gasteiger partial charge >= 0.3 is 5.97 Å². The van der Waals surface area contributed by atoms with E-state index in [1.165, 1.54) is 12.8 Å². The van der Waals surface area contributed by atoms with Gasteiger partial charge in [0.1, 0.15) is 11.3 Å². The van der Waals surface area contributed by atoms with Gasteiger partial charge in [0, 0.05) is 0 Å². The van der Waals surface area contributed by atoms with Crippen LogP contribution < -0.4 is 4.74 Å². The molecule has 1 saturated carbocycles. The minimum atomic E-state index is -0.923. The molecule has 1 fully saturated rings. The van der Waals surface area contributed by atoms with Crippen LogP contribution in [0, 0.1) is 5.92 Å². The van der Waals surface area contributed by atoms with Gasteiger partial charge in [-0.15, -0.1) is 0 Å². The third-order valence-corrected chi connectivity index (χ3v) is 2.86. The van der Waals surface area contributed by atoms with Gasteiger partial charge in [0.15, 0.2) is 0 Å². The summed E-state index contributed by atoms with van der Waals surface area (Å²) >= 11 is 0. The van der Waals surface area contributed by atoms with Crippen LogP contribution in [-0.4, -0.2) is 17.7 Å². The Morgan fingerprint density at radius 1 is 1.50 bits per heavy atom. The van der Waals surface area contributed by atoms with Crippen LogP contribution in [0.3, 0.4) is 0 Å². The van der Waals surface area contributed by atoms with Crippen molar-refractivity contribution in [2.75, 3.05) is 6.61 Å². The van der Waals surface area contributed by atoms with Crippen molar-refractivity contribution < 1.29 is 14.6 Å². The fourth-order valence-electron chi connectivity index (χ4n) is 1.57. The lowest BCUT2D eigenvalue weighted by Crippen LogP contribution is -2.06. The van der Waals surface area contributed by atoms with Crippen molar-refractivity contribution in [3.8, 4) is 5.75 Å². The number of rotatable bonds is 5. The summed E-state index contributed by atoms with van der Waals surface area (Å²) < 4.78 is 5.58. The predicted molar refractivity (Wildman–Crippen MR) is 61.0 cm³/mol. The number of aryl methyl sites for hydroxylation is 1. The van der Waals surface area contributed by atoms with Crippen molar-refractivity contribution in [1.82, 2.24) is 0 Å². The molecule has 1 aliphatic carbocycles. The first-order valence-electron chi connectivity index (χ1n) is 5.69. The highest BCUT2D eigenvalue weighted by molar-refractivity contribution is 5.91. The van der Waals surface area contributed by atoms with Gasteiger partial charge in [-0.2, -0.15) is 0 Å². The Morgan fingerprint density at radius 2 is 2.25 bits per heavy atom. The van der Waals surface area contributed by atoms with Crippen LogP contribution in [0.4, 0.5) is 0 Å². The van der Waals surface area contributed by atoms with Crippen LogP contribution >= 0.6 is 0 Å². The molecule has 0 radical (unpaired) electrons. The smallest absolute Gasteiger partial charge is 0.339 e. The van der Waals surface area contributed by atoms with Gasteiger partial charge in [-0.25, -0.2) is 4.79 Å². The molecule has 1 aromatic carbocycles. The zero-order valence-corrected chi connectivity index (χ0v) is 9.40. The molecule has 0 bridgehead atoms. The molecule has 0 atom stereocenters. The van der Waals surface area contributed by atoms with Crippen molar-refractivity contribution in [3.63, 3.8) is 0 Å². The molecule has 86 valence electrons. The number of hydrogen-bond acceptors (Lipinski definition) is 2. The summed E-state index contributed by atoms with van der Waals surface area (Å²) in [5, 5.41) is 9.03. The number of carboxylic acid groups (broad SMARTS) is 1. The van der Waals surface area contributed by atoms with Crippen LogP contribution in [-0.2, 0) is 6.42 Å². The number of benzene rings is 1. The fraction of sp³-hybridized carbons (Fsp3) is 0.462. The lowest BCUT2D eigenvalue weighted by atomic mass is 10.1. The first-order valence-corrected chi connectivity index (χ1v) is 5.69. The monoisotopic (exact) mass is 220 g/mol. The van der Waals surface area contributed by atoms with Crippen molar-refractivity contribution >= 4 is 5.97 Å². The molecule has 0 heterocycles. The van der Waals surface area contributed by atoms with E-state index in [0.29, 0.717) is 18.3 Å². The van der Waals surface area contributed by atoms with Gasteiger partial charge in [0.05, 0.1) is 6.61 Å². The van der Waals surface area contributed by atoms with E-state index in [4.69, 9.17) is 9.84 Å². The molecule has 1 aliphatic rings. The molecule has 3 nitrogen and oxygen atoms in total. The lowest BCUT2D eigenvalue weighted by Gasteiger charge is -2.10. The maximum Gasteiger partial charge on any atom is 0.339 e. The van der Waals surface area contributed by atoms with Crippen LogP contribution in [0.15, 0.2) is 18.2 Å². The molecule has 2 rings (SSSR count). The van der Waals surface area contributed by atoms with Crippen molar-refractivity contribution in [1.29, 1.82) is 0 Å². The molecule has 0 saturated heterocycles. The average molecular weight is 220 g/mol. The number of aromatic carboxylic acids is 1. The summed E-state index contributed by atoms with van der Waals surface area (Å²) in [4.78, 5) is 11.0. The SMILES string of the molecule is CCc1ccc(C(=O)O)c(OCC2CC2)c1. The minimum absolute atomic E-state index is 0.262. The first-order chi connectivity index (χ1) is 7.70. The van der Waals surface area contributed by atoms with Crippen LogP contribution in [0.2, 0.25) is 0 Å². The number of hydrogen-bond donors (Lipinski definition) is 1. The molecule has 0 spiro atoms. The number of carbonyl (C=O) groups is 1. The van der Waals surface area contributed by atoms with E-state index < -0.39 is 5.97 Å². The standard InChI is InChI=1S/C13H16O3/c1-2-9-5-6-11(13(14)15)12(7-9)16-8-10-3-4-10/h5-7,10H,2-4,8H2,1H3,(H,14,15). The molecule has 0 amide bonds. The summed E-state index contributed by atoms with van der Waals surface area (Å²) in [6, 6.07) is 5.31. The van der Waals surface area contributed by atoms with E-state index in [9.17, 15) is 4.79 Å². The quantitative estimate of drug-likeness (QED) is 0.829. The van der Waals surface area contributed by atoms with E-state index in [1.807, 2.05) is 19.1 Å². The number of ether oxygens (including phenoxy) is 1. The van der Waals surface area contributed by atoms with Crippen molar-refractivity contribution in [2.24, 2.45) is 5.92 Å². The van der Waals surface area contributed by atoms with Gasteiger partial charge in [0.25, 0.3) is 0 Å². The summed E-state index contributed by atoms with van der Waals surface area (Å²) in [6.45, 7) is 2.69. The molecule has 1 aromatic rings. The van der Waals surface area contributed by atoms with Crippen LogP contribution in [0.25, 0.3) is 0 Å². The molecule has 16 heavy (non-hydrogen) atoms. The zero-order valence-electron chi connectivity index (χ0n) is 9.40. The Bertz CT molecular complexity index is 394. The summed E-state index contributed by atoms with van der Waals surface area (Å²) in [5.41, 5.74) is 1.37. The Morgan fingerprint density at radius 3 is 2.81 bits per heavy atom. The highest BCUT2D eigenvalue weighted by Gasteiger charge is 2.23. The van der Waals surface area contributed by atoms with E-state index in [-0.39, 0.29) is 5.56 Å². The second kappa shape index (κ2) is 4.56. The third-order valence-electron chi connectivity index (χ3n) is 2.86. The Kier molecular flexibility index (Phi) is 3.13. The van der Waals surface area contributed by atoms with Gasteiger partial charge < -0.3 is 9.84 Å². The zero-order chi connectivity index (χ0) is 11.5. The Labute approximate surface area is 95.0 Å². The molecular formula is C13H16O3. The second-order valence-electron chi connectivity index (χ2n) is 4.24. The maximum absolute atomic E-state index is 11.0. The van der Waals surface area contributed by atoms with Crippen LogP contribution in [0.1, 0.15) is 35.7 Å². The van der Waals surface area contributed by atoms with Crippen molar-refractivity contribution in [3.05, 3.63) is 29.3 Å². The van der Waals surface area contributed by atoms with Crippen molar-refractivity contribution in [2.45, 2.75) is 26.2 Å². The van der Waals surface area contributed by atoms with Gasteiger partial charge in [-0.05, 0) is 42.9 Å². The normalized spacial score (nSPS) is 14.8. The topological polar surface area (TPSA) is 46.5 Å². The fourth-order valence-corrected chi connectivity index (χ4v) is 1.57. The maximum atomic E-state index is 11.0. The predicted octanol–water partition coefficient (Wildman–Crippen LogP) is 2.74. The molecule has 0 aromatic heterocycles. The average Bonchev–Trinajstić information content (AvgIpc) is 3.09. The van der Waals surface area contributed by atoms with Crippen LogP contribution in [0.5, 0.6) is 5.75 Å². The minimum Gasteiger partial charge on any atom is -0.492 e. The third kappa shape index (κ3) is 2.54.